The predicted octanol–water partition coefficient (Wildman–Crippen LogP) is 4.61. The van der Waals surface area contributed by atoms with E-state index in [0.717, 1.165) is 20.9 Å². The highest BCUT2D eigenvalue weighted by atomic mass is 79.9. The van der Waals surface area contributed by atoms with E-state index in [4.69, 9.17) is 17.4 Å². The second-order valence-electron chi connectivity index (χ2n) is 4.22. The second kappa shape index (κ2) is 6.86. The SMILES string of the molecule is NNC(Cc1ccccc1Br)c1cc(Cl)cc(Br)c1. The lowest BCUT2D eigenvalue weighted by Gasteiger charge is -2.18. The van der Waals surface area contributed by atoms with E-state index < -0.39 is 0 Å². The van der Waals surface area contributed by atoms with E-state index in [9.17, 15) is 0 Å². The van der Waals surface area contributed by atoms with Gasteiger partial charge in [0.2, 0.25) is 0 Å². The van der Waals surface area contributed by atoms with Gasteiger partial charge in [-0.2, -0.15) is 0 Å². The second-order valence-corrected chi connectivity index (χ2v) is 6.42. The van der Waals surface area contributed by atoms with Gasteiger partial charge in [-0.15, -0.1) is 0 Å². The van der Waals surface area contributed by atoms with Gasteiger partial charge in [-0.05, 0) is 41.8 Å². The highest BCUT2D eigenvalue weighted by Gasteiger charge is 2.13. The number of hydrogen-bond donors (Lipinski definition) is 2. The van der Waals surface area contributed by atoms with Gasteiger partial charge in [0.15, 0.2) is 0 Å². The first-order valence-electron chi connectivity index (χ1n) is 5.75. The van der Waals surface area contributed by atoms with Gasteiger partial charge in [0.05, 0.1) is 6.04 Å². The summed E-state index contributed by atoms with van der Waals surface area (Å²) in [4.78, 5) is 0. The van der Waals surface area contributed by atoms with Crippen LogP contribution in [0.3, 0.4) is 0 Å². The standard InChI is InChI=1S/C14H13Br2ClN2/c15-11-5-10(6-12(17)8-11)14(19-18)7-9-3-1-2-4-13(9)16/h1-6,8,14,19H,7,18H2. The summed E-state index contributed by atoms with van der Waals surface area (Å²) < 4.78 is 2.03. The van der Waals surface area contributed by atoms with E-state index in [1.54, 1.807) is 0 Å². The number of halogens is 3. The molecule has 0 amide bonds. The van der Waals surface area contributed by atoms with Crippen LogP contribution in [0.25, 0.3) is 0 Å². The Labute approximate surface area is 134 Å². The van der Waals surface area contributed by atoms with Crippen LogP contribution >= 0.6 is 43.5 Å². The summed E-state index contributed by atoms with van der Waals surface area (Å²) >= 11 is 13.1. The highest BCUT2D eigenvalue weighted by Crippen LogP contribution is 2.27. The average molecular weight is 405 g/mol. The van der Waals surface area contributed by atoms with Crippen molar-refractivity contribution in [2.45, 2.75) is 12.5 Å². The van der Waals surface area contributed by atoms with Gasteiger partial charge in [0.1, 0.15) is 0 Å². The van der Waals surface area contributed by atoms with Crippen molar-refractivity contribution in [3.05, 3.63) is 67.6 Å². The van der Waals surface area contributed by atoms with Crippen LogP contribution in [0.2, 0.25) is 5.02 Å². The maximum absolute atomic E-state index is 6.08. The Morgan fingerprint density at radius 3 is 2.53 bits per heavy atom. The fourth-order valence-electron chi connectivity index (χ4n) is 1.93. The molecule has 0 aliphatic heterocycles. The van der Waals surface area contributed by atoms with Crippen molar-refractivity contribution in [3.8, 4) is 0 Å². The number of benzene rings is 2. The summed E-state index contributed by atoms with van der Waals surface area (Å²) in [5, 5.41) is 0.691. The molecule has 0 fully saturated rings. The number of hydrazine groups is 1. The Morgan fingerprint density at radius 1 is 1.16 bits per heavy atom. The van der Waals surface area contributed by atoms with Gasteiger partial charge >= 0.3 is 0 Å². The molecule has 2 rings (SSSR count). The highest BCUT2D eigenvalue weighted by molar-refractivity contribution is 9.10. The fraction of sp³-hybridized carbons (Fsp3) is 0.143. The molecule has 1 atom stereocenters. The van der Waals surface area contributed by atoms with Gasteiger partial charge in [0.25, 0.3) is 0 Å². The Hall–Kier alpha value is -0.390. The summed E-state index contributed by atoms with van der Waals surface area (Å²) in [7, 11) is 0. The van der Waals surface area contributed by atoms with E-state index in [2.05, 4.69) is 43.4 Å². The first kappa shape index (κ1) is 15.0. The molecular formula is C14H13Br2ClN2. The van der Waals surface area contributed by atoms with Crippen LogP contribution in [0.4, 0.5) is 0 Å². The van der Waals surface area contributed by atoms with E-state index in [0.29, 0.717) is 5.02 Å². The van der Waals surface area contributed by atoms with E-state index in [1.807, 2.05) is 36.4 Å². The quantitative estimate of drug-likeness (QED) is 0.577. The molecule has 0 bridgehead atoms. The normalized spacial score (nSPS) is 12.4. The molecule has 0 aliphatic rings. The maximum Gasteiger partial charge on any atom is 0.0501 e. The third-order valence-electron chi connectivity index (χ3n) is 2.87. The topological polar surface area (TPSA) is 38.0 Å². The van der Waals surface area contributed by atoms with Gasteiger partial charge < -0.3 is 0 Å². The van der Waals surface area contributed by atoms with Crippen LogP contribution < -0.4 is 11.3 Å². The zero-order valence-corrected chi connectivity index (χ0v) is 14.0. The Bertz CT molecular complexity index is 555. The first-order valence-corrected chi connectivity index (χ1v) is 7.72. The van der Waals surface area contributed by atoms with Crippen molar-refractivity contribution in [3.63, 3.8) is 0 Å². The maximum atomic E-state index is 6.08. The summed E-state index contributed by atoms with van der Waals surface area (Å²) in [6.45, 7) is 0. The van der Waals surface area contributed by atoms with Crippen LogP contribution in [0, 0.1) is 0 Å². The summed E-state index contributed by atoms with van der Waals surface area (Å²) in [6.07, 6.45) is 0.782. The number of hydrogen-bond acceptors (Lipinski definition) is 2. The molecule has 100 valence electrons. The monoisotopic (exact) mass is 402 g/mol. The lowest BCUT2D eigenvalue weighted by Crippen LogP contribution is -2.29. The third-order valence-corrected chi connectivity index (χ3v) is 4.32. The van der Waals surface area contributed by atoms with Crippen molar-refractivity contribution < 1.29 is 0 Å². The van der Waals surface area contributed by atoms with E-state index >= 15 is 0 Å². The van der Waals surface area contributed by atoms with Crippen LogP contribution in [-0.4, -0.2) is 0 Å². The molecule has 5 heteroatoms. The minimum atomic E-state index is 0.00806. The largest absolute Gasteiger partial charge is 0.271 e. The molecule has 2 nitrogen and oxygen atoms in total. The van der Waals surface area contributed by atoms with Crippen molar-refractivity contribution in [2.24, 2.45) is 5.84 Å². The molecule has 1 unspecified atom stereocenters. The molecule has 3 N–H and O–H groups in total. The van der Waals surface area contributed by atoms with Crippen LogP contribution in [-0.2, 0) is 6.42 Å². The summed E-state index contributed by atoms with van der Waals surface area (Å²) in [5.74, 6) is 5.68. The average Bonchev–Trinajstić information content (AvgIpc) is 2.36. The minimum absolute atomic E-state index is 0.00806. The molecule has 0 aromatic heterocycles. The van der Waals surface area contributed by atoms with Crippen molar-refractivity contribution in [1.82, 2.24) is 5.43 Å². The molecule has 0 spiro atoms. The molecule has 19 heavy (non-hydrogen) atoms. The Balaban J connectivity index is 2.28. The Kier molecular flexibility index (Phi) is 5.42. The molecule has 0 aliphatic carbocycles. The fourth-order valence-corrected chi connectivity index (χ4v) is 3.27. The van der Waals surface area contributed by atoms with Gasteiger partial charge in [-0.3, -0.25) is 11.3 Å². The van der Waals surface area contributed by atoms with Gasteiger partial charge in [-0.25, -0.2) is 0 Å². The zero-order valence-electron chi connectivity index (χ0n) is 10.0. The van der Waals surface area contributed by atoms with Crippen molar-refractivity contribution in [1.29, 1.82) is 0 Å². The van der Waals surface area contributed by atoms with Crippen LogP contribution in [0.1, 0.15) is 17.2 Å². The van der Waals surface area contributed by atoms with Crippen LogP contribution in [0.5, 0.6) is 0 Å². The molecule has 0 saturated heterocycles. The number of nitrogens with two attached hydrogens (primary N) is 1. The third kappa shape index (κ3) is 4.04. The summed E-state index contributed by atoms with van der Waals surface area (Å²) in [5.41, 5.74) is 5.10. The predicted molar refractivity (Wildman–Crippen MR) is 87.1 cm³/mol. The van der Waals surface area contributed by atoms with E-state index in [-0.39, 0.29) is 6.04 Å². The lowest BCUT2D eigenvalue weighted by atomic mass is 9.99. The first-order chi connectivity index (χ1) is 9.10. The van der Waals surface area contributed by atoms with Gasteiger partial charge in [-0.1, -0.05) is 61.7 Å². The number of nitrogens with one attached hydrogen (secondary N) is 1. The molecular weight excluding hydrogens is 391 g/mol. The summed E-state index contributed by atoms with van der Waals surface area (Å²) in [6, 6.07) is 13.9. The van der Waals surface area contributed by atoms with Crippen molar-refractivity contribution >= 4 is 43.5 Å². The minimum Gasteiger partial charge on any atom is -0.271 e. The molecule has 0 radical (unpaired) electrons. The molecule has 0 saturated carbocycles. The lowest BCUT2D eigenvalue weighted by molar-refractivity contribution is 0.551. The Morgan fingerprint density at radius 2 is 1.89 bits per heavy atom. The molecule has 2 aromatic carbocycles. The zero-order chi connectivity index (χ0) is 13.8. The molecule has 2 aromatic rings. The van der Waals surface area contributed by atoms with Crippen LogP contribution in [0.15, 0.2) is 51.4 Å². The molecule has 0 heterocycles. The van der Waals surface area contributed by atoms with Crippen molar-refractivity contribution in [2.75, 3.05) is 0 Å². The smallest absolute Gasteiger partial charge is 0.0501 e. The van der Waals surface area contributed by atoms with E-state index in [1.165, 1.54) is 5.56 Å². The van der Waals surface area contributed by atoms with Gasteiger partial charge in [0, 0.05) is 14.0 Å². The number of rotatable bonds is 4.